The molecule has 0 saturated heterocycles. The predicted molar refractivity (Wildman–Crippen MR) is 76.2 cm³/mol. The van der Waals surface area contributed by atoms with Crippen molar-refractivity contribution >= 4 is 5.57 Å². The van der Waals surface area contributed by atoms with Gasteiger partial charge in [-0.05, 0) is 48.8 Å². The van der Waals surface area contributed by atoms with Gasteiger partial charge in [0, 0.05) is 0 Å². The van der Waals surface area contributed by atoms with Crippen LogP contribution in [0.3, 0.4) is 0 Å². The largest absolute Gasteiger partial charge is 0.0839 e. The second kappa shape index (κ2) is 6.05. The van der Waals surface area contributed by atoms with Crippen LogP contribution in [0, 0.1) is 0 Å². The summed E-state index contributed by atoms with van der Waals surface area (Å²) in [5.74, 6) is 0.827. The third-order valence-corrected chi connectivity index (χ3v) is 4.09. The average molecular weight is 228 g/mol. The van der Waals surface area contributed by atoms with Crippen LogP contribution in [0.1, 0.15) is 69.4 Å². The first-order valence-electron chi connectivity index (χ1n) is 7.10. The molecule has 0 amide bonds. The maximum atomic E-state index is 2.35. The monoisotopic (exact) mass is 228 g/mol. The van der Waals surface area contributed by atoms with Crippen molar-refractivity contribution in [2.75, 3.05) is 0 Å². The molecule has 92 valence electrons. The van der Waals surface area contributed by atoms with E-state index < -0.39 is 0 Å². The van der Waals surface area contributed by atoms with E-state index in [1.165, 1.54) is 43.2 Å². The summed E-state index contributed by atoms with van der Waals surface area (Å²) >= 11 is 0. The van der Waals surface area contributed by atoms with Gasteiger partial charge in [-0.15, -0.1) is 0 Å². The van der Waals surface area contributed by atoms with E-state index in [1.54, 1.807) is 5.56 Å². The lowest BCUT2D eigenvalue weighted by Crippen LogP contribution is -2.04. The van der Waals surface area contributed by atoms with E-state index in [0.29, 0.717) is 0 Å². The summed E-state index contributed by atoms with van der Waals surface area (Å²) in [7, 11) is 0. The van der Waals surface area contributed by atoms with Crippen molar-refractivity contribution < 1.29 is 0 Å². The second-order valence-corrected chi connectivity index (χ2v) is 5.12. The van der Waals surface area contributed by atoms with E-state index in [1.807, 2.05) is 0 Å². The highest BCUT2D eigenvalue weighted by molar-refractivity contribution is 5.65. The molecule has 1 saturated carbocycles. The predicted octanol–water partition coefficient (Wildman–Crippen LogP) is 5.55. The Morgan fingerprint density at radius 1 is 1.12 bits per heavy atom. The van der Waals surface area contributed by atoms with Crippen LogP contribution in [0.5, 0.6) is 0 Å². The van der Waals surface area contributed by atoms with Crippen molar-refractivity contribution in [1.82, 2.24) is 0 Å². The minimum absolute atomic E-state index is 0.827. The molecular weight excluding hydrogens is 204 g/mol. The van der Waals surface area contributed by atoms with Gasteiger partial charge in [0.2, 0.25) is 0 Å². The molecule has 0 radical (unpaired) electrons. The molecule has 0 N–H and O–H groups in total. The number of allylic oxidation sites excluding steroid dienone is 2. The Labute approximate surface area is 106 Å². The number of hydrogen-bond acceptors (Lipinski definition) is 0. The Balaban J connectivity index is 2.12. The lowest BCUT2D eigenvalue weighted by Gasteiger charge is -2.22. The molecule has 0 spiro atoms. The molecular formula is C17H24. The zero-order chi connectivity index (χ0) is 12.1. The van der Waals surface area contributed by atoms with E-state index >= 15 is 0 Å². The number of hydrogen-bond donors (Lipinski definition) is 0. The van der Waals surface area contributed by atoms with Crippen LogP contribution >= 0.6 is 0 Å². The van der Waals surface area contributed by atoms with Gasteiger partial charge in [0.15, 0.2) is 0 Å². The van der Waals surface area contributed by atoms with Gasteiger partial charge >= 0.3 is 0 Å². The number of rotatable bonds is 3. The summed E-state index contributed by atoms with van der Waals surface area (Å²) in [4.78, 5) is 0. The van der Waals surface area contributed by atoms with Gasteiger partial charge in [0.25, 0.3) is 0 Å². The van der Waals surface area contributed by atoms with Crippen molar-refractivity contribution in [3.05, 3.63) is 41.5 Å². The van der Waals surface area contributed by atoms with Crippen LogP contribution < -0.4 is 0 Å². The summed E-state index contributed by atoms with van der Waals surface area (Å²) in [6.07, 6.45) is 10.4. The first kappa shape index (κ1) is 12.4. The summed E-state index contributed by atoms with van der Waals surface area (Å²) < 4.78 is 0. The topological polar surface area (TPSA) is 0 Å². The first-order chi connectivity index (χ1) is 8.35. The molecule has 17 heavy (non-hydrogen) atoms. The third-order valence-electron chi connectivity index (χ3n) is 4.09. The highest BCUT2D eigenvalue weighted by Crippen LogP contribution is 2.33. The number of benzene rings is 1. The van der Waals surface area contributed by atoms with Gasteiger partial charge < -0.3 is 0 Å². The standard InChI is InChI=1S/C17H24/c1-3-14(4-2)16-10-12-17(13-11-16)15-8-6-5-7-9-15/h3,10-13,15H,4-9H2,1-2H3/b14-3+. The molecule has 1 aliphatic carbocycles. The molecule has 0 atom stereocenters. The highest BCUT2D eigenvalue weighted by atomic mass is 14.2. The van der Waals surface area contributed by atoms with Gasteiger partial charge in [-0.3, -0.25) is 0 Å². The van der Waals surface area contributed by atoms with E-state index in [4.69, 9.17) is 0 Å². The van der Waals surface area contributed by atoms with Crippen LogP contribution in [0.4, 0.5) is 0 Å². The van der Waals surface area contributed by atoms with Gasteiger partial charge in [-0.1, -0.05) is 56.5 Å². The van der Waals surface area contributed by atoms with E-state index in [-0.39, 0.29) is 0 Å². The molecule has 0 heterocycles. The van der Waals surface area contributed by atoms with Crippen LogP contribution in [-0.4, -0.2) is 0 Å². The van der Waals surface area contributed by atoms with E-state index in [9.17, 15) is 0 Å². The Bertz CT molecular complexity index is 364. The van der Waals surface area contributed by atoms with Crippen molar-refractivity contribution in [3.63, 3.8) is 0 Å². The molecule has 0 aromatic heterocycles. The SMILES string of the molecule is C/C=C(\CC)c1ccc(C2CCCCC2)cc1. The fourth-order valence-electron chi connectivity index (χ4n) is 2.98. The lowest BCUT2D eigenvalue weighted by molar-refractivity contribution is 0.443. The molecule has 2 rings (SSSR count). The molecule has 0 aliphatic heterocycles. The average Bonchev–Trinajstić information content (AvgIpc) is 2.42. The zero-order valence-corrected chi connectivity index (χ0v) is 11.2. The molecule has 1 aromatic rings. The Hall–Kier alpha value is -1.04. The highest BCUT2D eigenvalue weighted by Gasteiger charge is 2.15. The van der Waals surface area contributed by atoms with Gasteiger partial charge in [-0.2, -0.15) is 0 Å². The molecule has 0 nitrogen and oxygen atoms in total. The minimum Gasteiger partial charge on any atom is -0.0839 e. The molecule has 1 fully saturated rings. The van der Waals surface area contributed by atoms with E-state index in [0.717, 1.165) is 12.3 Å². The Morgan fingerprint density at radius 3 is 2.29 bits per heavy atom. The van der Waals surface area contributed by atoms with Crippen LogP contribution in [0.2, 0.25) is 0 Å². The molecule has 1 aliphatic rings. The van der Waals surface area contributed by atoms with Gasteiger partial charge in [-0.25, -0.2) is 0 Å². The Kier molecular flexibility index (Phi) is 4.42. The lowest BCUT2D eigenvalue weighted by atomic mass is 9.83. The molecule has 0 heteroatoms. The minimum atomic E-state index is 0.827. The van der Waals surface area contributed by atoms with Crippen molar-refractivity contribution in [1.29, 1.82) is 0 Å². The van der Waals surface area contributed by atoms with E-state index in [2.05, 4.69) is 44.2 Å². The summed E-state index contributed by atoms with van der Waals surface area (Å²) in [6.45, 7) is 4.36. The third kappa shape index (κ3) is 3.00. The van der Waals surface area contributed by atoms with Crippen molar-refractivity contribution in [3.8, 4) is 0 Å². The maximum Gasteiger partial charge on any atom is -0.0162 e. The summed E-state index contributed by atoms with van der Waals surface area (Å²) in [5, 5.41) is 0. The smallest absolute Gasteiger partial charge is 0.0162 e. The normalized spacial score (nSPS) is 18.4. The van der Waals surface area contributed by atoms with Crippen molar-refractivity contribution in [2.45, 2.75) is 58.3 Å². The van der Waals surface area contributed by atoms with Crippen molar-refractivity contribution in [2.24, 2.45) is 0 Å². The van der Waals surface area contributed by atoms with Gasteiger partial charge in [0.1, 0.15) is 0 Å². The molecule has 0 bridgehead atoms. The fraction of sp³-hybridized carbons (Fsp3) is 0.529. The fourth-order valence-corrected chi connectivity index (χ4v) is 2.98. The van der Waals surface area contributed by atoms with Crippen LogP contribution in [0.15, 0.2) is 30.3 Å². The van der Waals surface area contributed by atoms with Gasteiger partial charge in [0.05, 0.1) is 0 Å². The maximum absolute atomic E-state index is 2.35. The summed E-state index contributed by atoms with van der Waals surface area (Å²) in [6, 6.07) is 9.32. The summed E-state index contributed by atoms with van der Waals surface area (Å²) in [5.41, 5.74) is 4.41. The molecule has 1 aromatic carbocycles. The van der Waals surface area contributed by atoms with Crippen LogP contribution in [-0.2, 0) is 0 Å². The second-order valence-electron chi connectivity index (χ2n) is 5.12. The Morgan fingerprint density at radius 2 is 1.76 bits per heavy atom. The molecule has 0 unspecified atom stereocenters. The van der Waals surface area contributed by atoms with Crippen LogP contribution in [0.25, 0.3) is 5.57 Å². The quantitative estimate of drug-likeness (QED) is 0.636. The first-order valence-corrected chi connectivity index (χ1v) is 7.10. The zero-order valence-electron chi connectivity index (χ0n) is 11.2.